The molecule has 2 rings (SSSR count). The highest BCUT2D eigenvalue weighted by molar-refractivity contribution is 7.48. The third kappa shape index (κ3) is 4.01. The highest BCUT2D eigenvalue weighted by Crippen LogP contribution is 2.56. The first-order chi connectivity index (χ1) is 10.1. The smallest absolute Gasteiger partial charge is 0.249 e. The van der Waals surface area contributed by atoms with Crippen LogP contribution in [-0.2, 0) is 0 Å². The van der Waals surface area contributed by atoms with E-state index in [0.29, 0.717) is 6.04 Å². The van der Waals surface area contributed by atoms with Crippen LogP contribution in [0.4, 0.5) is 0 Å². The fraction of sp³-hybridized carbons (Fsp3) is 0.667. The van der Waals surface area contributed by atoms with Crippen LogP contribution in [-0.4, -0.2) is 33.0 Å². The summed E-state index contributed by atoms with van der Waals surface area (Å²) in [6.45, 7) is 17.2. The molecule has 1 fully saturated rings. The Labute approximate surface area is 137 Å². The molecule has 0 aromatic heterocycles. The largest absolute Gasteiger partial charge is 0.444 e. The van der Waals surface area contributed by atoms with Crippen molar-refractivity contribution in [3.8, 4) is 5.75 Å². The van der Waals surface area contributed by atoms with E-state index in [4.69, 9.17) is 4.52 Å². The van der Waals surface area contributed by atoms with Gasteiger partial charge in [0.1, 0.15) is 5.75 Å². The number of hydrogen-bond donors (Lipinski definition) is 0. The Hall–Kier alpha value is -0.630. The van der Waals surface area contributed by atoms with Crippen LogP contribution in [0, 0.1) is 0 Å². The molecule has 124 valence electrons. The molecule has 4 heteroatoms. The second-order valence-corrected chi connectivity index (χ2v) is 9.71. The van der Waals surface area contributed by atoms with E-state index in [1.807, 2.05) is 18.2 Å². The number of rotatable bonds is 2. The minimum atomic E-state index is -0.824. The summed E-state index contributed by atoms with van der Waals surface area (Å²) in [4.78, 5) is 0. The standard InChI is InChI=1S/C18H31N2OP/c1-15-13-14-19(17(2,3)4)22(20(15)18(5,6)7)21-16-11-9-8-10-12-16/h8-12,15H,13-14H2,1-7H3/t15-,22+/m1/s1. The zero-order valence-electron chi connectivity index (χ0n) is 15.1. The van der Waals surface area contributed by atoms with Gasteiger partial charge in [0.15, 0.2) is 0 Å². The number of nitrogens with zero attached hydrogens (tertiary/aromatic N) is 2. The summed E-state index contributed by atoms with van der Waals surface area (Å²) in [5.74, 6) is 0.964. The molecule has 0 saturated carbocycles. The van der Waals surface area contributed by atoms with E-state index in [1.165, 1.54) is 6.42 Å². The van der Waals surface area contributed by atoms with Gasteiger partial charge in [-0.15, -0.1) is 0 Å². The quantitative estimate of drug-likeness (QED) is 0.688. The van der Waals surface area contributed by atoms with E-state index in [-0.39, 0.29) is 11.1 Å². The van der Waals surface area contributed by atoms with Crippen LogP contribution in [0.25, 0.3) is 0 Å². The molecular formula is C18H31N2OP. The van der Waals surface area contributed by atoms with E-state index in [9.17, 15) is 0 Å². The average Bonchev–Trinajstić information content (AvgIpc) is 2.36. The van der Waals surface area contributed by atoms with Crippen LogP contribution in [0.15, 0.2) is 30.3 Å². The molecule has 0 unspecified atom stereocenters. The van der Waals surface area contributed by atoms with Crippen LogP contribution in [0.5, 0.6) is 5.75 Å². The molecule has 0 aliphatic carbocycles. The van der Waals surface area contributed by atoms with Crippen LogP contribution in [0.2, 0.25) is 0 Å². The third-order valence-electron chi connectivity index (χ3n) is 3.96. The maximum absolute atomic E-state index is 6.52. The Morgan fingerprint density at radius 1 is 1.00 bits per heavy atom. The van der Waals surface area contributed by atoms with Crippen molar-refractivity contribution in [2.45, 2.75) is 72.0 Å². The zero-order chi connectivity index (χ0) is 16.5. The van der Waals surface area contributed by atoms with Crippen LogP contribution < -0.4 is 4.52 Å². The molecule has 1 aliphatic heterocycles. The first-order valence-electron chi connectivity index (χ1n) is 8.20. The summed E-state index contributed by atoms with van der Waals surface area (Å²) in [6.07, 6.45) is 1.19. The molecule has 0 N–H and O–H groups in total. The van der Waals surface area contributed by atoms with Crippen LogP contribution in [0.1, 0.15) is 54.9 Å². The van der Waals surface area contributed by atoms with Gasteiger partial charge in [0.25, 0.3) is 0 Å². The molecule has 3 nitrogen and oxygen atoms in total. The van der Waals surface area contributed by atoms with Gasteiger partial charge in [-0.2, -0.15) is 0 Å². The van der Waals surface area contributed by atoms with Crippen LogP contribution >= 0.6 is 8.45 Å². The number of hydrogen-bond acceptors (Lipinski definition) is 3. The lowest BCUT2D eigenvalue weighted by molar-refractivity contribution is 0.109. The molecule has 0 bridgehead atoms. The van der Waals surface area contributed by atoms with E-state index in [1.54, 1.807) is 0 Å². The van der Waals surface area contributed by atoms with Gasteiger partial charge >= 0.3 is 0 Å². The maximum Gasteiger partial charge on any atom is 0.249 e. The number of para-hydroxylation sites is 1. The molecule has 1 aromatic rings. The molecule has 1 saturated heterocycles. The van der Waals surface area contributed by atoms with Gasteiger partial charge in [-0.3, -0.25) is 0 Å². The van der Waals surface area contributed by atoms with Gasteiger partial charge in [0, 0.05) is 23.7 Å². The Kier molecular flexibility index (Phi) is 5.21. The van der Waals surface area contributed by atoms with Gasteiger partial charge in [-0.05, 0) is 67.0 Å². The van der Waals surface area contributed by atoms with Gasteiger partial charge < -0.3 is 4.52 Å². The second kappa shape index (κ2) is 6.47. The summed E-state index contributed by atoms with van der Waals surface area (Å²) >= 11 is 0. The van der Waals surface area contributed by atoms with E-state index in [2.05, 4.69) is 69.9 Å². The minimum absolute atomic E-state index is 0.0871. The predicted octanol–water partition coefficient (Wildman–Crippen LogP) is 5.29. The van der Waals surface area contributed by atoms with E-state index >= 15 is 0 Å². The molecule has 22 heavy (non-hydrogen) atoms. The van der Waals surface area contributed by atoms with Gasteiger partial charge in [0.2, 0.25) is 8.45 Å². The molecule has 0 amide bonds. The highest BCUT2D eigenvalue weighted by atomic mass is 31.2. The van der Waals surface area contributed by atoms with Crippen molar-refractivity contribution in [1.29, 1.82) is 0 Å². The monoisotopic (exact) mass is 322 g/mol. The molecule has 0 radical (unpaired) electrons. The zero-order valence-corrected chi connectivity index (χ0v) is 16.0. The summed E-state index contributed by atoms with van der Waals surface area (Å²) in [5, 5.41) is 0. The van der Waals surface area contributed by atoms with Gasteiger partial charge in [-0.1, -0.05) is 18.2 Å². The van der Waals surface area contributed by atoms with Crippen molar-refractivity contribution in [3.05, 3.63) is 30.3 Å². The summed E-state index contributed by atoms with van der Waals surface area (Å²) < 4.78 is 11.6. The third-order valence-corrected chi connectivity index (χ3v) is 6.91. The molecule has 1 heterocycles. The Bertz CT molecular complexity index is 478. The Morgan fingerprint density at radius 3 is 2.09 bits per heavy atom. The lowest BCUT2D eigenvalue weighted by atomic mass is 10.0. The SMILES string of the molecule is C[C@@H]1CCN(C(C)(C)C)[P@](Oc2ccccc2)N1C(C)(C)C. The predicted molar refractivity (Wildman–Crippen MR) is 96.1 cm³/mol. The van der Waals surface area contributed by atoms with Gasteiger partial charge in [-0.25, -0.2) is 9.34 Å². The average molecular weight is 322 g/mol. The fourth-order valence-corrected chi connectivity index (χ4v) is 5.48. The first-order valence-corrected chi connectivity index (χ1v) is 9.37. The summed E-state index contributed by atoms with van der Waals surface area (Å²) in [6, 6.07) is 10.8. The summed E-state index contributed by atoms with van der Waals surface area (Å²) in [5.41, 5.74) is 0.188. The minimum Gasteiger partial charge on any atom is -0.444 e. The topological polar surface area (TPSA) is 15.7 Å². The molecule has 0 spiro atoms. The summed E-state index contributed by atoms with van der Waals surface area (Å²) in [7, 11) is -0.824. The molecule has 1 aromatic carbocycles. The lowest BCUT2D eigenvalue weighted by Gasteiger charge is -2.54. The van der Waals surface area contributed by atoms with Crippen molar-refractivity contribution >= 4 is 8.45 Å². The van der Waals surface area contributed by atoms with Gasteiger partial charge in [0.05, 0.1) is 0 Å². The van der Waals surface area contributed by atoms with Crippen molar-refractivity contribution in [2.75, 3.05) is 6.54 Å². The van der Waals surface area contributed by atoms with E-state index in [0.717, 1.165) is 12.3 Å². The second-order valence-electron chi connectivity index (χ2n) is 8.10. The lowest BCUT2D eigenvalue weighted by Crippen LogP contribution is -2.55. The maximum atomic E-state index is 6.52. The van der Waals surface area contributed by atoms with Crippen LogP contribution in [0.3, 0.4) is 0 Å². The van der Waals surface area contributed by atoms with Crippen molar-refractivity contribution in [3.63, 3.8) is 0 Å². The van der Waals surface area contributed by atoms with Crippen molar-refractivity contribution in [1.82, 2.24) is 9.34 Å². The molecular weight excluding hydrogens is 291 g/mol. The fourth-order valence-electron chi connectivity index (χ4n) is 2.98. The first kappa shape index (κ1) is 17.7. The Balaban J connectivity index is 2.36. The Morgan fingerprint density at radius 2 is 1.59 bits per heavy atom. The van der Waals surface area contributed by atoms with Crippen molar-refractivity contribution < 1.29 is 4.52 Å². The molecule has 1 aliphatic rings. The highest BCUT2D eigenvalue weighted by Gasteiger charge is 2.46. The van der Waals surface area contributed by atoms with Crippen molar-refractivity contribution in [2.24, 2.45) is 0 Å². The normalized spacial score (nSPS) is 25.2. The number of benzene rings is 1. The van der Waals surface area contributed by atoms with E-state index < -0.39 is 8.45 Å². The molecule has 2 atom stereocenters.